The number of hydrogen-bond acceptors (Lipinski definition) is 8. The van der Waals surface area contributed by atoms with E-state index in [0.717, 1.165) is 22.6 Å². The van der Waals surface area contributed by atoms with Gasteiger partial charge >= 0.3 is 0 Å². The molecular weight excluding hydrogens is 374 g/mol. The highest BCUT2D eigenvalue weighted by molar-refractivity contribution is 8.02. The van der Waals surface area contributed by atoms with Crippen LogP contribution in [0.25, 0.3) is 0 Å². The first kappa shape index (κ1) is 20.1. The van der Waals surface area contributed by atoms with Crippen molar-refractivity contribution in [2.24, 2.45) is 5.14 Å². The molecule has 2 heterocycles. The number of nitrogens with two attached hydrogens (primary N) is 1. The van der Waals surface area contributed by atoms with E-state index in [1.165, 1.54) is 11.3 Å². The number of hydrogen-bond donors (Lipinski definition) is 1. The molecule has 1 aromatic rings. The maximum Gasteiger partial charge on any atom is 0.247 e. The van der Waals surface area contributed by atoms with Crippen molar-refractivity contribution < 1.29 is 27.4 Å². The molecule has 7 nitrogen and oxygen atoms in total. The van der Waals surface area contributed by atoms with Crippen LogP contribution in [0.3, 0.4) is 0 Å². The standard InChI is InChI=1S/C14H23NO6S3/c1-9(19-3)20-8-21-12-6-10(4-5-18-2)22-14-11(12)7-13(23-14)24(15,16)17/h7,9-10,12H,4-6,8H2,1-3H3,(H2,15,16,17). The van der Waals surface area contributed by atoms with Gasteiger partial charge in [-0.3, -0.25) is 0 Å². The van der Waals surface area contributed by atoms with E-state index >= 15 is 0 Å². The van der Waals surface area contributed by atoms with E-state index in [4.69, 9.17) is 24.1 Å². The van der Waals surface area contributed by atoms with Gasteiger partial charge in [-0.25, -0.2) is 13.6 Å². The number of methoxy groups -OCH3 is 2. The highest BCUT2D eigenvalue weighted by atomic mass is 32.3. The van der Waals surface area contributed by atoms with Gasteiger partial charge in [-0.05, 0) is 25.8 Å². The number of sulfonamides is 1. The van der Waals surface area contributed by atoms with E-state index in [1.807, 2.05) is 0 Å². The molecule has 0 amide bonds. The second-order valence-corrected chi connectivity index (χ2v) is 9.76. The van der Waals surface area contributed by atoms with E-state index in [0.29, 0.717) is 6.61 Å². The fraction of sp³-hybridized carbons (Fsp3) is 0.714. The van der Waals surface area contributed by atoms with E-state index in [1.54, 1.807) is 39.0 Å². The van der Waals surface area contributed by atoms with Crippen LogP contribution in [0, 0.1) is 0 Å². The van der Waals surface area contributed by atoms with Crippen molar-refractivity contribution in [2.75, 3.05) is 27.6 Å². The van der Waals surface area contributed by atoms with Crippen LogP contribution >= 0.6 is 23.1 Å². The van der Waals surface area contributed by atoms with Crippen molar-refractivity contribution in [3.63, 3.8) is 0 Å². The van der Waals surface area contributed by atoms with Crippen LogP contribution in [0.15, 0.2) is 14.5 Å². The molecule has 3 unspecified atom stereocenters. The normalized spacial score (nSPS) is 22.3. The van der Waals surface area contributed by atoms with Gasteiger partial charge in [0.05, 0.1) is 10.3 Å². The summed E-state index contributed by atoms with van der Waals surface area (Å²) in [5.41, 5.74) is 0.858. The fourth-order valence-electron chi connectivity index (χ4n) is 2.26. The van der Waals surface area contributed by atoms with Gasteiger partial charge in [0, 0.05) is 31.6 Å². The first-order chi connectivity index (χ1) is 11.3. The van der Waals surface area contributed by atoms with Crippen LogP contribution in [0.5, 0.6) is 0 Å². The van der Waals surface area contributed by atoms with Crippen LogP contribution in [-0.2, 0) is 29.0 Å². The minimum atomic E-state index is -3.72. The highest BCUT2D eigenvalue weighted by Gasteiger charge is 2.32. The Labute approximate surface area is 150 Å². The second-order valence-electron chi connectivity index (χ2n) is 5.35. The molecule has 0 spiro atoms. The number of thiophene rings is 1. The Hall–Kier alpha value is -0.200. The lowest BCUT2D eigenvalue weighted by Gasteiger charge is -2.29. The third-order valence-electron chi connectivity index (χ3n) is 3.63. The van der Waals surface area contributed by atoms with Crippen LogP contribution in [0.2, 0.25) is 0 Å². The third-order valence-corrected chi connectivity index (χ3v) is 7.74. The second kappa shape index (κ2) is 8.95. The summed E-state index contributed by atoms with van der Waals surface area (Å²) in [5, 5.41) is 5.54. The van der Waals surface area contributed by atoms with Gasteiger partial charge in [-0.2, -0.15) is 0 Å². The quantitative estimate of drug-likeness (QED) is 0.639. The largest absolute Gasteiger partial charge is 0.385 e. The summed E-state index contributed by atoms with van der Waals surface area (Å²) >= 11 is 2.85. The lowest BCUT2D eigenvalue weighted by atomic mass is 10.1. The minimum absolute atomic E-state index is 0.0708. The summed E-state index contributed by atoms with van der Waals surface area (Å²) < 4.78 is 45.7. The monoisotopic (exact) mass is 397 g/mol. The Morgan fingerprint density at radius 1 is 1.42 bits per heavy atom. The molecule has 0 radical (unpaired) electrons. The number of fused-ring (bicyclic) bond motifs is 1. The van der Waals surface area contributed by atoms with Crippen molar-refractivity contribution in [3.8, 4) is 0 Å². The lowest BCUT2D eigenvalue weighted by Crippen LogP contribution is -2.21. The van der Waals surface area contributed by atoms with Crippen molar-refractivity contribution in [1.82, 2.24) is 0 Å². The predicted molar refractivity (Wildman–Crippen MR) is 92.7 cm³/mol. The molecular formula is C14H23NO6S3. The molecule has 0 saturated carbocycles. The molecule has 3 atom stereocenters. The Bertz CT molecular complexity index is 632. The van der Waals surface area contributed by atoms with Gasteiger partial charge in [-0.15, -0.1) is 23.1 Å². The molecule has 0 saturated heterocycles. The van der Waals surface area contributed by atoms with Crippen LogP contribution < -0.4 is 5.14 Å². The van der Waals surface area contributed by atoms with Crippen molar-refractivity contribution >= 4 is 33.1 Å². The third kappa shape index (κ3) is 5.40. The van der Waals surface area contributed by atoms with Gasteiger partial charge in [0.25, 0.3) is 0 Å². The van der Waals surface area contributed by atoms with Gasteiger partial charge in [0.1, 0.15) is 4.21 Å². The number of rotatable bonds is 9. The average Bonchev–Trinajstić information content (AvgIpc) is 2.97. The molecule has 0 aromatic carbocycles. The first-order valence-corrected chi connectivity index (χ1v) is 10.7. The Kier molecular flexibility index (Phi) is 7.50. The predicted octanol–water partition coefficient (Wildman–Crippen LogP) is 2.32. The van der Waals surface area contributed by atoms with Gasteiger partial charge < -0.3 is 18.9 Å². The Morgan fingerprint density at radius 2 is 2.17 bits per heavy atom. The topological polar surface area (TPSA) is 97.1 Å². The minimum Gasteiger partial charge on any atom is -0.385 e. The molecule has 1 aliphatic rings. The Morgan fingerprint density at radius 3 is 2.79 bits per heavy atom. The summed E-state index contributed by atoms with van der Waals surface area (Å²) in [5.74, 6) is 0. The molecule has 24 heavy (non-hydrogen) atoms. The summed E-state index contributed by atoms with van der Waals surface area (Å²) in [6.45, 7) is 2.49. The molecule has 2 N–H and O–H groups in total. The fourth-order valence-corrected chi connectivity index (χ4v) is 6.08. The zero-order chi connectivity index (χ0) is 17.7. The van der Waals surface area contributed by atoms with Gasteiger partial charge in [0.15, 0.2) is 13.1 Å². The summed E-state index contributed by atoms with van der Waals surface area (Å²) in [4.78, 5) is 0. The summed E-state index contributed by atoms with van der Waals surface area (Å²) in [6, 6.07) is 1.61. The molecule has 0 fully saturated rings. The van der Waals surface area contributed by atoms with Crippen LogP contribution in [-0.4, -0.2) is 47.6 Å². The van der Waals surface area contributed by atoms with E-state index in [9.17, 15) is 8.42 Å². The molecule has 0 aliphatic carbocycles. The van der Waals surface area contributed by atoms with E-state index in [-0.39, 0.29) is 28.6 Å². The summed E-state index contributed by atoms with van der Waals surface area (Å²) in [7, 11) is -0.502. The average molecular weight is 398 g/mol. The molecule has 10 heteroatoms. The maximum absolute atomic E-state index is 11.6. The van der Waals surface area contributed by atoms with Crippen LogP contribution in [0.4, 0.5) is 0 Å². The summed E-state index contributed by atoms with van der Waals surface area (Å²) in [6.07, 6.45) is 1.01. The van der Waals surface area contributed by atoms with Crippen molar-refractivity contribution in [2.45, 2.75) is 45.8 Å². The number of ether oxygens (including phenoxy) is 4. The van der Waals surface area contributed by atoms with E-state index < -0.39 is 10.0 Å². The van der Waals surface area contributed by atoms with E-state index in [2.05, 4.69) is 0 Å². The zero-order valence-electron chi connectivity index (χ0n) is 13.9. The smallest absolute Gasteiger partial charge is 0.247 e. The lowest BCUT2D eigenvalue weighted by molar-refractivity contribution is -0.190. The molecule has 1 aliphatic heterocycles. The molecule has 1 aromatic heterocycles. The maximum atomic E-state index is 11.6. The zero-order valence-corrected chi connectivity index (χ0v) is 16.3. The SMILES string of the molecule is COCCC1CC(OCOC(C)OC)c2cc(S(N)(=O)=O)sc2S1. The van der Waals surface area contributed by atoms with Crippen molar-refractivity contribution in [3.05, 3.63) is 11.6 Å². The number of thioether (sulfide) groups is 1. The molecule has 0 bridgehead atoms. The number of primary sulfonamides is 1. The van der Waals surface area contributed by atoms with Gasteiger partial charge in [0.2, 0.25) is 10.0 Å². The van der Waals surface area contributed by atoms with Crippen LogP contribution in [0.1, 0.15) is 31.4 Å². The molecule has 138 valence electrons. The first-order valence-electron chi connectivity index (χ1n) is 7.43. The highest BCUT2D eigenvalue weighted by Crippen LogP contribution is 2.48. The van der Waals surface area contributed by atoms with Gasteiger partial charge in [-0.1, -0.05) is 0 Å². The van der Waals surface area contributed by atoms with Crippen molar-refractivity contribution in [1.29, 1.82) is 0 Å². The Balaban J connectivity index is 2.14. The molecule has 2 rings (SSSR count).